The fourth-order valence-corrected chi connectivity index (χ4v) is 7.82. The Kier molecular flexibility index (Phi) is 4.88. The highest BCUT2D eigenvalue weighted by atomic mass is 79.9. The van der Waals surface area contributed by atoms with Crippen LogP contribution in [0.2, 0.25) is 0 Å². The van der Waals surface area contributed by atoms with E-state index >= 15 is 0 Å². The maximum atomic E-state index is 13.7. The van der Waals surface area contributed by atoms with E-state index in [-0.39, 0.29) is 21.8 Å². The minimum atomic E-state index is -4.08. The molecule has 0 atom stereocenters. The highest BCUT2D eigenvalue weighted by molar-refractivity contribution is 9.10. The number of carbonyl (C=O) groups is 1. The van der Waals surface area contributed by atoms with Gasteiger partial charge in [-0.15, -0.1) is 0 Å². The fourth-order valence-electron chi connectivity index (χ4n) is 5.92. The molecule has 1 amide bonds. The Morgan fingerprint density at radius 3 is 2.24 bits per heavy atom. The number of nitrogens with zero attached hydrogens (tertiary/aromatic N) is 2. The summed E-state index contributed by atoms with van der Waals surface area (Å²) >= 11 is 3.59. The molecule has 2 spiro atoms. The molecule has 4 aliphatic rings. The van der Waals surface area contributed by atoms with E-state index in [2.05, 4.69) is 22.0 Å². The van der Waals surface area contributed by atoms with Crippen LogP contribution in [0.4, 0.5) is 14.5 Å². The highest BCUT2D eigenvalue weighted by Gasteiger charge is 2.54. The SMILES string of the molecule is O=C(c1cccc(S(=O)(=O)N2CC(F)(F)C2)c1)N1CC2(CCC3(CC3)CC2)c2cc(Br)ccc21. The third-order valence-corrected chi connectivity index (χ3v) is 10.6. The molecule has 2 saturated carbocycles. The van der Waals surface area contributed by atoms with Crippen LogP contribution in [0.3, 0.4) is 0 Å². The number of fused-ring (bicyclic) bond motifs is 2. The molecule has 0 bridgehead atoms. The minimum absolute atomic E-state index is 0.0878. The standard InChI is InChI=1S/C25H25BrF2N2O3S/c26-18-4-5-21-20(13-18)24(10-8-23(6-7-23)9-11-24)14-30(21)22(31)17-2-1-3-19(12-17)34(32,33)29-15-25(27,28)16-29/h1-5,12-13H,6-11,14-16H2. The molecule has 180 valence electrons. The van der Waals surface area contributed by atoms with E-state index < -0.39 is 29.0 Å². The first-order chi connectivity index (χ1) is 16.0. The van der Waals surface area contributed by atoms with Crippen LogP contribution in [0.15, 0.2) is 51.8 Å². The molecule has 2 aliphatic heterocycles. The molecule has 0 N–H and O–H groups in total. The van der Waals surface area contributed by atoms with Gasteiger partial charge in [0.05, 0.1) is 18.0 Å². The van der Waals surface area contributed by atoms with Crippen LogP contribution in [0, 0.1) is 5.41 Å². The van der Waals surface area contributed by atoms with Crippen LogP contribution >= 0.6 is 15.9 Å². The molecule has 2 aromatic rings. The number of hydrogen-bond acceptors (Lipinski definition) is 3. The second-order valence-corrected chi connectivity index (χ2v) is 13.3. The Balaban J connectivity index is 1.31. The molecule has 9 heteroatoms. The lowest BCUT2D eigenvalue weighted by atomic mass is 9.66. The Morgan fingerprint density at radius 2 is 1.59 bits per heavy atom. The maximum Gasteiger partial charge on any atom is 0.275 e. The van der Waals surface area contributed by atoms with Crippen molar-refractivity contribution in [3.63, 3.8) is 0 Å². The average Bonchev–Trinajstić information content (AvgIpc) is 3.49. The van der Waals surface area contributed by atoms with Crippen molar-refractivity contribution in [2.45, 2.75) is 54.8 Å². The van der Waals surface area contributed by atoms with Crippen LogP contribution < -0.4 is 4.90 Å². The number of sulfonamides is 1. The van der Waals surface area contributed by atoms with Gasteiger partial charge < -0.3 is 4.90 Å². The molecule has 6 rings (SSSR count). The van der Waals surface area contributed by atoms with Crippen LogP contribution in [0.25, 0.3) is 0 Å². The van der Waals surface area contributed by atoms with Crippen molar-refractivity contribution < 1.29 is 22.0 Å². The van der Waals surface area contributed by atoms with Crippen molar-refractivity contribution >= 4 is 37.5 Å². The van der Waals surface area contributed by atoms with Gasteiger partial charge in [-0.2, -0.15) is 4.31 Å². The summed E-state index contributed by atoms with van der Waals surface area (Å²) in [5, 5.41) is 0. The van der Waals surface area contributed by atoms with Crippen molar-refractivity contribution in [1.82, 2.24) is 4.31 Å². The number of benzene rings is 2. The molecule has 3 fully saturated rings. The molecule has 0 radical (unpaired) electrons. The number of anilines is 1. The monoisotopic (exact) mass is 550 g/mol. The number of alkyl halides is 2. The van der Waals surface area contributed by atoms with E-state index in [1.165, 1.54) is 49.4 Å². The first-order valence-corrected chi connectivity index (χ1v) is 13.9. The van der Waals surface area contributed by atoms with Gasteiger partial charge in [0.15, 0.2) is 0 Å². The minimum Gasteiger partial charge on any atom is -0.307 e. The summed E-state index contributed by atoms with van der Waals surface area (Å²) in [4.78, 5) is 15.3. The lowest BCUT2D eigenvalue weighted by molar-refractivity contribution is -0.0945. The van der Waals surface area contributed by atoms with Crippen LogP contribution in [-0.2, 0) is 15.4 Å². The Hall–Kier alpha value is -1.84. The lowest BCUT2D eigenvalue weighted by Gasteiger charge is -2.38. The molecule has 2 aromatic carbocycles. The Labute approximate surface area is 206 Å². The van der Waals surface area contributed by atoms with Crippen molar-refractivity contribution in [1.29, 1.82) is 0 Å². The summed E-state index contributed by atoms with van der Waals surface area (Å²) in [7, 11) is -4.08. The van der Waals surface area contributed by atoms with Gasteiger partial charge in [0, 0.05) is 27.7 Å². The van der Waals surface area contributed by atoms with Gasteiger partial charge >= 0.3 is 0 Å². The van der Waals surface area contributed by atoms with E-state index in [0.717, 1.165) is 27.3 Å². The van der Waals surface area contributed by atoms with Crippen LogP contribution in [0.5, 0.6) is 0 Å². The summed E-state index contributed by atoms with van der Waals surface area (Å²) in [6.07, 6.45) is 7.04. The van der Waals surface area contributed by atoms with Gasteiger partial charge in [-0.25, -0.2) is 17.2 Å². The Bertz CT molecular complexity index is 1290. The summed E-state index contributed by atoms with van der Waals surface area (Å²) in [5.41, 5.74) is 2.72. The number of halogens is 3. The third-order valence-electron chi connectivity index (χ3n) is 8.29. The molecule has 0 aromatic heterocycles. The highest BCUT2D eigenvalue weighted by Crippen LogP contribution is 2.62. The van der Waals surface area contributed by atoms with E-state index in [0.29, 0.717) is 12.0 Å². The molecule has 2 aliphatic carbocycles. The summed E-state index contributed by atoms with van der Waals surface area (Å²) < 4.78 is 53.9. The van der Waals surface area contributed by atoms with E-state index in [1.807, 2.05) is 12.1 Å². The van der Waals surface area contributed by atoms with Gasteiger partial charge in [0.2, 0.25) is 10.0 Å². The maximum absolute atomic E-state index is 13.7. The molecule has 34 heavy (non-hydrogen) atoms. The molecule has 1 saturated heterocycles. The predicted molar refractivity (Wildman–Crippen MR) is 128 cm³/mol. The second kappa shape index (κ2) is 7.34. The third kappa shape index (κ3) is 3.54. The van der Waals surface area contributed by atoms with Crippen molar-refractivity contribution in [2.75, 3.05) is 24.5 Å². The fraction of sp³-hybridized carbons (Fsp3) is 0.480. The molecule has 2 heterocycles. The van der Waals surface area contributed by atoms with Gasteiger partial charge in [-0.3, -0.25) is 4.79 Å². The first kappa shape index (κ1) is 22.6. The zero-order chi connectivity index (χ0) is 23.9. The number of amides is 1. The van der Waals surface area contributed by atoms with Gasteiger partial charge in [0.25, 0.3) is 11.8 Å². The largest absolute Gasteiger partial charge is 0.307 e. The van der Waals surface area contributed by atoms with Crippen molar-refractivity contribution in [3.05, 3.63) is 58.1 Å². The number of hydrogen-bond donors (Lipinski definition) is 0. The van der Waals surface area contributed by atoms with Crippen LogP contribution in [-0.4, -0.2) is 44.2 Å². The first-order valence-electron chi connectivity index (χ1n) is 11.6. The Morgan fingerprint density at radius 1 is 0.912 bits per heavy atom. The molecule has 5 nitrogen and oxygen atoms in total. The van der Waals surface area contributed by atoms with Crippen molar-refractivity contribution in [3.8, 4) is 0 Å². The van der Waals surface area contributed by atoms with Gasteiger partial charge in [0.1, 0.15) is 0 Å². The van der Waals surface area contributed by atoms with Crippen molar-refractivity contribution in [2.24, 2.45) is 5.41 Å². The van der Waals surface area contributed by atoms with E-state index in [1.54, 1.807) is 11.0 Å². The molecule has 0 unspecified atom stereocenters. The summed E-state index contributed by atoms with van der Waals surface area (Å²) in [5.74, 6) is -3.26. The summed E-state index contributed by atoms with van der Waals surface area (Å²) in [6, 6.07) is 11.8. The zero-order valence-electron chi connectivity index (χ0n) is 18.6. The summed E-state index contributed by atoms with van der Waals surface area (Å²) in [6.45, 7) is -1.08. The second-order valence-electron chi connectivity index (χ2n) is 10.5. The molecular weight excluding hydrogens is 526 g/mol. The van der Waals surface area contributed by atoms with Gasteiger partial charge in [-0.1, -0.05) is 22.0 Å². The smallest absolute Gasteiger partial charge is 0.275 e. The number of carbonyl (C=O) groups excluding carboxylic acids is 1. The van der Waals surface area contributed by atoms with E-state index in [4.69, 9.17) is 0 Å². The topological polar surface area (TPSA) is 57.7 Å². The molecular formula is C25H25BrF2N2O3S. The lowest BCUT2D eigenvalue weighted by Crippen LogP contribution is -2.58. The quantitative estimate of drug-likeness (QED) is 0.518. The normalized spacial score (nSPS) is 24.1. The average molecular weight is 551 g/mol. The van der Waals surface area contributed by atoms with Crippen LogP contribution in [0.1, 0.15) is 54.4 Å². The number of rotatable bonds is 3. The van der Waals surface area contributed by atoms with Gasteiger partial charge in [-0.05, 0) is 85.9 Å². The predicted octanol–water partition coefficient (Wildman–Crippen LogP) is 5.34. The zero-order valence-corrected chi connectivity index (χ0v) is 21.0. The van der Waals surface area contributed by atoms with E-state index in [9.17, 15) is 22.0 Å².